The van der Waals surface area contributed by atoms with Crippen molar-refractivity contribution >= 4 is 17.2 Å². The van der Waals surface area contributed by atoms with Crippen LogP contribution < -0.4 is 5.32 Å². The first-order valence-electron chi connectivity index (χ1n) is 10.0. The van der Waals surface area contributed by atoms with Crippen molar-refractivity contribution in [1.29, 1.82) is 0 Å². The first kappa shape index (κ1) is 20.6. The number of aromatic nitrogens is 3. The van der Waals surface area contributed by atoms with Crippen molar-refractivity contribution < 1.29 is 13.7 Å². The zero-order valence-electron chi connectivity index (χ0n) is 17.0. The van der Waals surface area contributed by atoms with Crippen molar-refractivity contribution in [3.8, 4) is 11.4 Å². The smallest absolute Gasteiger partial charge is 0.249 e. The number of piperidine rings is 1. The van der Waals surface area contributed by atoms with E-state index in [9.17, 15) is 9.18 Å². The Morgan fingerprint density at radius 2 is 2.03 bits per heavy atom. The van der Waals surface area contributed by atoms with Crippen LogP contribution in [-0.2, 0) is 11.3 Å². The van der Waals surface area contributed by atoms with E-state index in [1.54, 1.807) is 23.5 Å². The van der Waals surface area contributed by atoms with Gasteiger partial charge < -0.3 is 9.84 Å². The van der Waals surface area contributed by atoms with Crippen LogP contribution in [0.25, 0.3) is 11.4 Å². The van der Waals surface area contributed by atoms with Gasteiger partial charge in [0.25, 0.3) is 0 Å². The number of carbonyl (C=O) groups is 1. The molecule has 1 saturated heterocycles. The van der Waals surface area contributed by atoms with E-state index in [-0.39, 0.29) is 17.6 Å². The number of likely N-dealkylation sites (tertiary alicyclic amines) is 1. The third-order valence-electron chi connectivity index (χ3n) is 5.28. The van der Waals surface area contributed by atoms with Crippen molar-refractivity contribution in [3.63, 3.8) is 0 Å². The van der Waals surface area contributed by atoms with E-state index < -0.39 is 6.04 Å². The van der Waals surface area contributed by atoms with Gasteiger partial charge in [-0.15, -0.1) is 11.3 Å². The quantitative estimate of drug-likeness (QED) is 0.643. The number of nitrogens with one attached hydrogen (secondary N) is 1. The molecule has 0 saturated carbocycles. The van der Waals surface area contributed by atoms with Gasteiger partial charge in [-0.2, -0.15) is 4.98 Å². The van der Waals surface area contributed by atoms with Crippen LogP contribution in [0.1, 0.15) is 42.4 Å². The first-order chi connectivity index (χ1) is 14.5. The molecule has 30 heavy (non-hydrogen) atoms. The lowest BCUT2D eigenvalue weighted by atomic mass is 9.95. The number of hydrogen-bond donors (Lipinski definition) is 1. The van der Waals surface area contributed by atoms with Crippen molar-refractivity contribution in [1.82, 2.24) is 25.3 Å². The number of nitrogens with zero attached hydrogens (tertiary/aromatic N) is 4. The zero-order chi connectivity index (χ0) is 21.1. The Kier molecular flexibility index (Phi) is 6.19. The Bertz CT molecular complexity index is 995. The molecule has 1 N–H and O–H groups in total. The van der Waals surface area contributed by atoms with Gasteiger partial charge in [0.1, 0.15) is 11.9 Å². The molecule has 1 amide bonds. The SMILES string of the molecule is Cc1nc(CN2CCC(C(=O)NC(C)c3nc(-c4ccc(F)cc4)no3)CC2)cs1. The van der Waals surface area contributed by atoms with Crippen LogP contribution in [0.5, 0.6) is 0 Å². The van der Waals surface area contributed by atoms with Crippen molar-refractivity contribution in [2.45, 2.75) is 39.3 Å². The highest BCUT2D eigenvalue weighted by Crippen LogP contribution is 2.22. The maximum absolute atomic E-state index is 13.1. The van der Waals surface area contributed by atoms with E-state index >= 15 is 0 Å². The molecule has 1 aliphatic heterocycles. The predicted molar refractivity (Wildman–Crippen MR) is 111 cm³/mol. The average molecular weight is 430 g/mol. The van der Waals surface area contributed by atoms with Crippen LogP contribution in [0.2, 0.25) is 0 Å². The van der Waals surface area contributed by atoms with E-state index in [1.165, 1.54) is 12.1 Å². The summed E-state index contributed by atoms with van der Waals surface area (Å²) in [5, 5.41) is 10.1. The summed E-state index contributed by atoms with van der Waals surface area (Å²) >= 11 is 1.67. The molecular weight excluding hydrogens is 405 g/mol. The van der Waals surface area contributed by atoms with E-state index in [1.807, 2.05) is 13.8 Å². The molecule has 2 aromatic heterocycles. The molecule has 7 nitrogen and oxygen atoms in total. The third-order valence-corrected chi connectivity index (χ3v) is 6.11. The van der Waals surface area contributed by atoms with E-state index in [2.05, 4.69) is 30.7 Å². The van der Waals surface area contributed by atoms with Gasteiger partial charge in [-0.1, -0.05) is 5.16 Å². The van der Waals surface area contributed by atoms with Crippen LogP contribution in [-0.4, -0.2) is 39.0 Å². The summed E-state index contributed by atoms with van der Waals surface area (Å²) in [6.45, 7) is 6.41. The molecule has 0 radical (unpaired) electrons. The number of amides is 1. The molecule has 3 heterocycles. The third kappa shape index (κ3) is 4.91. The largest absolute Gasteiger partial charge is 0.344 e. The highest BCUT2D eigenvalue weighted by Gasteiger charge is 2.27. The molecule has 9 heteroatoms. The number of benzene rings is 1. The lowest BCUT2D eigenvalue weighted by molar-refractivity contribution is -0.127. The maximum atomic E-state index is 13.1. The van der Waals surface area contributed by atoms with Gasteiger partial charge >= 0.3 is 0 Å². The fraction of sp³-hybridized carbons (Fsp3) is 0.429. The minimum Gasteiger partial charge on any atom is -0.344 e. The highest BCUT2D eigenvalue weighted by molar-refractivity contribution is 7.09. The lowest BCUT2D eigenvalue weighted by Gasteiger charge is -2.31. The van der Waals surface area contributed by atoms with Gasteiger partial charge in [-0.3, -0.25) is 9.69 Å². The Balaban J connectivity index is 1.28. The van der Waals surface area contributed by atoms with E-state index in [0.29, 0.717) is 17.3 Å². The second-order valence-corrected chi connectivity index (χ2v) is 8.66. The number of halogens is 1. The summed E-state index contributed by atoms with van der Waals surface area (Å²) in [4.78, 5) is 23.9. The zero-order valence-corrected chi connectivity index (χ0v) is 17.8. The minimum absolute atomic E-state index is 0.00758. The van der Waals surface area contributed by atoms with Crippen LogP contribution in [0, 0.1) is 18.7 Å². The molecule has 0 aliphatic carbocycles. The molecule has 3 aromatic rings. The minimum atomic E-state index is -0.393. The van der Waals surface area contributed by atoms with Crippen LogP contribution >= 0.6 is 11.3 Å². The lowest BCUT2D eigenvalue weighted by Crippen LogP contribution is -2.41. The Labute approximate surface area is 178 Å². The van der Waals surface area contributed by atoms with Crippen molar-refractivity contribution in [2.24, 2.45) is 5.92 Å². The summed E-state index contributed by atoms with van der Waals surface area (Å²) in [6.07, 6.45) is 1.62. The van der Waals surface area contributed by atoms with Gasteiger partial charge in [0, 0.05) is 23.4 Å². The molecule has 1 fully saturated rings. The molecule has 1 aliphatic rings. The van der Waals surface area contributed by atoms with Crippen LogP contribution in [0.4, 0.5) is 4.39 Å². The standard InChI is InChI=1S/C21H24FN5O2S/c1-13(21-25-19(26-29-21)15-3-5-17(22)6-4-15)23-20(28)16-7-9-27(10-8-16)11-18-12-30-14(2)24-18/h3-6,12-13,16H,7-11H2,1-2H3,(H,23,28). The van der Waals surface area contributed by atoms with Crippen molar-refractivity contribution in [3.05, 3.63) is 52.1 Å². The van der Waals surface area contributed by atoms with Gasteiger partial charge in [-0.05, 0) is 64.0 Å². The molecule has 1 atom stereocenters. The number of carbonyl (C=O) groups excluding carboxylic acids is 1. The predicted octanol–water partition coefficient (Wildman–Crippen LogP) is 3.73. The van der Waals surface area contributed by atoms with Gasteiger partial charge in [0.15, 0.2) is 0 Å². The number of aryl methyl sites for hydroxylation is 1. The van der Waals surface area contributed by atoms with Crippen LogP contribution in [0.15, 0.2) is 34.2 Å². The van der Waals surface area contributed by atoms with Crippen molar-refractivity contribution in [2.75, 3.05) is 13.1 Å². The summed E-state index contributed by atoms with van der Waals surface area (Å²) in [6, 6.07) is 5.48. The summed E-state index contributed by atoms with van der Waals surface area (Å²) < 4.78 is 18.4. The molecule has 4 rings (SSSR count). The second kappa shape index (κ2) is 9.01. The van der Waals surface area contributed by atoms with Crippen LogP contribution in [0.3, 0.4) is 0 Å². The monoisotopic (exact) mass is 429 g/mol. The first-order valence-corrected chi connectivity index (χ1v) is 10.9. The molecule has 158 valence electrons. The molecule has 0 spiro atoms. The van der Waals surface area contributed by atoms with Gasteiger partial charge in [0.05, 0.1) is 10.7 Å². The van der Waals surface area contributed by atoms with E-state index in [4.69, 9.17) is 4.52 Å². The number of hydrogen-bond acceptors (Lipinski definition) is 7. The Hall–Kier alpha value is -2.65. The Morgan fingerprint density at radius 1 is 1.30 bits per heavy atom. The van der Waals surface area contributed by atoms with Gasteiger partial charge in [0.2, 0.25) is 17.6 Å². The normalized spacial score (nSPS) is 16.5. The summed E-state index contributed by atoms with van der Waals surface area (Å²) in [5.74, 6) is 0.361. The fourth-order valence-corrected chi connectivity index (χ4v) is 4.19. The molecular formula is C21H24FN5O2S. The number of thiazole rings is 1. The topological polar surface area (TPSA) is 84.2 Å². The number of rotatable bonds is 6. The average Bonchev–Trinajstić information content (AvgIpc) is 3.38. The molecule has 1 unspecified atom stereocenters. The summed E-state index contributed by atoms with van der Waals surface area (Å²) in [7, 11) is 0. The molecule has 1 aromatic carbocycles. The second-order valence-electron chi connectivity index (χ2n) is 7.60. The molecule has 0 bridgehead atoms. The van der Waals surface area contributed by atoms with Gasteiger partial charge in [-0.25, -0.2) is 9.37 Å². The fourth-order valence-electron chi connectivity index (χ4n) is 3.58. The highest BCUT2D eigenvalue weighted by atomic mass is 32.1. The maximum Gasteiger partial charge on any atom is 0.249 e. The Morgan fingerprint density at radius 3 is 2.70 bits per heavy atom. The summed E-state index contributed by atoms with van der Waals surface area (Å²) in [5.41, 5.74) is 1.76. The van der Waals surface area contributed by atoms with E-state index in [0.717, 1.165) is 43.2 Å².